The lowest BCUT2D eigenvalue weighted by Gasteiger charge is -2.30. The van der Waals surface area contributed by atoms with Crippen LogP contribution in [0.1, 0.15) is 49.4 Å². The maximum Gasteiger partial charge on any atom is 0.397 e. The molecule has 2 N–H and O–H groups in total. The normalized spacial score (nSPS) is 11.8. The van der Waals surface area contributed by atoms with E-state index in [1.807, 2.05) is 45.0 Å². The van der Waals surface area contributed by atoms with Crippen molar-refractivity contribution in [3.8, 4) is 17.2 Å². The minimum absolute atomic E-state index is 0.127. The van der Waals surface area contributed by atoms with Gasteiger partial charge in [-0.15, -0.1) is 0 Å². The number of benzene rings is 3. The van der Waals surface area contributed by atoms with E-state index in [4.69, 9.17) is 14.2 Å². The highest BCUT2D eigenvalue weighted by Crippen LogP contribution is 2.34. The predicted molar refractivity (Wildman–Crippen MR) is 156 cm³/mol. The zero-order valence-corrected chi connectivity index (χ0v) is 24.0. The fourth-order valence-electron chi connectivity index (χ4n) is 4.42. The molecule has 0 bridgehead atoms. The number of carbonyl (C=O) groups excluding carboxylic acids is 2. The number of rotatable bonds is 13. The van der Waals surface area contributed by atoms with Crippen LogP contribution in [0.15, 0.2) is 60.7 Å². The number of aromatic hydroxyl groups is 1. The van der Waals surface area contributed by atoms with Gasteiger partial charge in [0.1, 0.15) is 17.2 Å². The molecule has 0 saturated carbocycles. The van der Waals surface area contributed by atoms with Gasteiger partial charge in [0.2, 0.25) is 0 Å². The summed E-state index contributed by atoms with van der Waals surface area (Å²) in [5, 5.41) is 13.3. The molecule has 3 aromatic carbocycles. The summed E-state index contributed by atoms with van der Waals surface area (Å²) in [5.74, 6) is -0.329. The first-order valence-corrected chi connectivity index (χ1v) is 13.7. The van der Waals surface area contributed by atoms with E-state index < -0.39 is 11.9 Å². The highest BCUT2D eigenvalue weighted by Gasteiger charge is 2.19. The Labute approximate surface area is 236 Å². The summed E-state index contributed by atoms with van der Waals surface area (Å²) in [4.78, 5) is 26.0. The monoisotopic (exact) mass is 548 g/mol. The molecule has 1 unspecified atom stereocenters. The smallest absolute Gasteiger partial charge is 0.397 e. The molecule has 8 nitrogen and oxygen atoms in total. The number of phenols is 1. The lowest BCUT2D eigenvalue weighted by molar-refractivity contribution is -0.152. The van der Waals surface area contributed by atoms with E-state index in [2.05, 4.69) is 29.3 Å². The van der Waals surface area contributed by atoms with Gasteiger partial charge in [-0.2, -0.15) is 0 Å². The molecule has 1 atom stereocenters. The van der Waals surface area contributed by atoms with Crippen molar-refractivity contribution < 1.29 is 28.9 Å². The van der Waals surface area contributed by atoms with Crippen LogP contribution in [0.4, 0.5) is 5.69 Å². The van der Waals surface area contributed by atoms with Gasteiger partial charge in [-0.3, -0.25) is 9.69 Å². The number of anilines is 1. The molecule has 0 aromatic heterocycles. The number of nitrogens with one attached hydrogen (secondary N) is 1. The summed E-state index contributed by atoms with van der Waals surface area (Å²) in [7, 11) is 0. The van der Waals surface area contributed by atoms with Crippen molar-refractivity contribution in [3.05, 3.63) is 82.9 Å². The molecule has 8 heteroatoms. The Bertz CT molecular complexity index is 1250. The third kappa shape index (κ3) is 8.83. The van der Waals surface area contributed by atoms with Crippen LogP contribution >= 0.6 is 0 Å². The fraction of sp³-hybridized carbons (Fsp3) is 0.375. The maximum absolute atomic E-state index is 12.0. The van der Waals surface area contributed by atoms with Crippen molar-refractivity contribution in [3.63, 3.8) is 0 Å². The molecule has 0 fully saturated rings. The lowest BCUT2D eigenvalue weighted by Crippen LogP contribution is -2.33. The van der Waals surface area contributed by atoms with Gasteiger partial charge in [-0.1, -0.05) is 30.3 Å². The zero-order chi connectivity index (χ0) is 29.1. The number of esters is 1. The Morgan fingerprint density at radius 2 is 1.65 bits per heavy atom. The molecule has 0 aliphatic carbocycles. The van der Waals surface area contributed by atoms with Gasteiger partial charge >= 0.3 is 11.9 Å². The second-order valence-corrected chi connectivity index (χ2v) is 9.73. The molecule has 0 spiro atoms. The van der Waals surface area contributed by atoms with Crippen LogP contribution in [-0.2, 0) is 32.2 Å². The van der Waals surface area contributed by atoms with Gasteiger partial charge in [0.05, 0.1) is 6.61 Å². The van der Waals surface area contributed by atoms with Gasteiger partial charge in [-0.05, 0) is 88.1 Å². The van der Waals surface area contributed by atoms with Gasteiger partial charge in [-0.25, -0.2) is 4.79 Å². The van der Waals surface area contributed by atoms with E-state index in [0.29, 0.717) is 36.9 Å². The van der Waals surface area contributed by atoms with E-state index >= 15 is 0 Å². The second-order valence-electron chi connectivity index (χ2n) is 9.73. The average Bonchev–Trinajstić information content (AvgIpc) is 2.92. The molecule has 214 valence electrons. The topological polar surface area (TPSA) is 97.3 Å². The van der Waals surface area contributed by atoms with Crippen LogP contribution in [0.3, 0.4) is 0 Å². The number of hydrogen-bond donors (Lipinski definition) is 2. The Hall–Kier alpha value is -3.88. The first-order valence-electron chi connectivity index (χ1n) is 13.7. The van der Waals surface area contributed by atoms with Crippen LogP contribution in [-0.4, -0.2) is 47.7 Å². The highest BCUT2D eigenvalue weighted by molar-refractivity contribution is 6.37. The predicted octanol–water partition coefficient (Wildman–Crippen LogP) is 6.12. The van der Waals surface area contributed by atoms with Gasteiger partial charge < -0.3 is 24.6 Å². The van der Waals surface area contributed by atoms with Crippen molar-refractivity contribution in [2.24, 2.45) is 0 Å². The molecule has 0 radical (unpaired) electrons. The fourth-order valence-corrected chi connectivity index (χ4v) is 4.42. The highest BCUT2D eigenvalue weighted by atomic mass is 16.5. The third-order valence-electron chi connectivity index (χ3n) is 6.56. The van der Waals surface area contributed by atoms with E-state index in [1.165, 1.54) is 5.56 Å². The third-order valence-corrected chi connectivity index (χ3v) is 6.56. The average molecular weight is 549 g/mol. The van der Waals surface area contributed by atoms with Crippen LogP contribution in [0.25, 0.3) is 0 Å². The maximum atomic E-state index is 12.0. The summed E-state index contributed by atoms with van der Waals surface area (Å²) in [6, 6.07) is 19.2. The van der Waals surface area contributed by atoms with E-state index in [0.717, 1.165) is 29.7 Å². The summed E-state index contributed by atoms with van der Waals surface area (Å²) >= 11 is 0. The molecule has 0 heterocycles. The quantitative estimate of drug-likeness (QED) is 0.151. The van der Waals surface area contributed by atoms with Gasteiger partial charge in [0.25, 0.3) is 0 Å². The lowest BCUT2D eigenvalue weighted by atomic mass is 10.1. The number of aryl methyl sites for hydroxylation is 2. The number of ether oxygens (including phenoxy) is 3. The molecule has 0 aliphatic rings. The molecule has 3 aromatic rings. The van der Waals surface area contributed by atoms with Crippen molar-refractivity contribution in [2.75, 3.05) is 25.1 Å². The Kier molecular flexibility index (Phi) is 11.5. The molecule has 3 rings (SSSR count). The molecular formula is C32H40N2O6. The van der Waals surface area contributed by atoms with Gasteiger partial charge in [0, 0.05) is 43.6 Å². The number of amides is 1. The van der Waals surface area contributed by atoms with E-state index in [9.17, 15) is 14.7 Å². The van der Waals surface area contributed by atoms with Crippen molar-refractivity contribution >= 4 is 17.6 Å². The molecule has 0 aliphatic heterocycles. The Morgan fingerprint density at radius 3 is 2.30 bits per heavy atom. The largest absolute Gasteiger partial charge is 0.508 e. The molecular weight excluding hydrogens is 508 g/mol. The molecule has 0 saturated heterocycles. The minimum atomic E-state index is -0.928. The summed E-state index contributed by atoms with van der Waals surface area (Å²) in [6.45, 7) is 12.3. The Morgan fingerprint density at radius 1 is 0.950 bits per heavy atom. The summed E-state index contributed by atoms with van der Waals surface area (Å²) in [6.07, 6.45) is 0.870. The molecule has 40 heavy (non-hydrogen) atoms. The van der Waals surface area contributed by atoms with Crippen molar-refractivity contribution in [2.45, 2.75) is 60.2 Å². The molecule has 1 amide bonds. The number of phenolic OH excluding ortho intramolecular Hbond substituents is 1. The summed E-state index contributed by atoms with van der Waals surface area (Å²) < 4.78 is 16.6. The number of carbonyl (C=O) groups is 2. The summed E-state index contributed by atoms with van der Waals surface area (Å²) in [5.41, 5.74) is 3.99. The zero-order valence-electron chi connectivity index (χ0n) is 24.0. The number of nitrogens with zero attached hydrogens (tertiary/aromatic N) is 1. The van der Waals surface area contributed by atoms with Crippen LogP contribution in [0, 0.1) is 13.8 Å². The van der Waals surface area contributed by atoms with E-state index in [-0.39, 0.29) is 18.4 Å². The van der Waals surface area contributed by atoms with Crippen LogP contribution < -0.4 is 10.1 Å². The second kappa shape index (κ2) is 15.1. The number of hydrogen-bond acceptors (Lipinski definition) is 7. The van der Waals surface area contributed by atoms with Crippen molar-refractivity contribution in [1.82, 2.24) is 4.90 Å². The Balaban J connectivity index is 1.79. The van der Waals surface area contributed by atoms with Crippen molar-refractivity contribution in [1.29, 1.82) is 0 Å². The standard InChI is InChI=1S/C32H40N2O6/c1-6-38-16-15-24(5)34(20-25-11-9-8-10-12-25)21-26-19-28(13-14-29(26)35)40-30-22(3)17-27(18-23(30)4)33-31(36)32(37)39-7-2/h8-14,17-19,24,35H,6-7,15-16,20-21H2,1-5H3,(H,33,36). The SMILES string of the molecule is CCOCCC(C)N(Cc1ccccc1)Cc1cc(Oc2c(C)cc(NC(=O)C(=O)OCC)cc2C)ccc1O. The van der Waals surface area contributed by atoms with Crippen LogP contribution in [0.5, 0.6) is 17.2 Å². The van der Waals surface area contributed by atoms with Gasteiger partial charge in [0.15, 0.2) is 0 Å². The van der Waals surface area contributed by atoms with E-state index in [1.54, 1.807) is 31.2 Å². The first kappa shape index (κ1) is 30.7. The minimum Gasteiger partial charge on any atom is -0.508 e. The van der Waals surface area contributed by atoms with Crippen LogP contribution in [0.2, 0.25) is 0 Å². The first-order chi connectivity index (χ1) is 19.2.